The number of hydrogen-bond acceptors (Lipinski definition) is 4. The molecule has 6 heteroatoms. The molecule has 1 saturated heterocycles. The van der Waals surface area contributed by atoms with E-state index in [1.807, 2.05) is 19.2 Å². The van der Waals surface area contributed by atoms with Crippen LogP contribution in [0.4, 0.5) is 0 Å². The zero-order valence-corrected chi connectivity index (χ0v) is 16.5. The van der Waals surface area contributed by atoms with Gasteiger partial charge in [-0.3, -0.25) is 14.7 Å². The van der Waals surface area contributed by atoms with Crippen LogP contribution in [0.5, 0.6) is 0 Å². The molecule has 2 heterocycles. The van der Waals surface area contributed by atoms with E-state index >= 15 is 0 Å². The van der Waals surface area contributed by atoms with Crippen molar-refractivity contribution in [2.45, 2.75) is 50.7 Å². The molecule has 5 atom stereocenters. The summed E-state index contributed by atoms with van der Waals surface area (Å²) in [6.45, 7) is 4.56. The van der Waals surface area contributed by atoms with Gasteiger partial charge in [-0.15, -0.1) is 12.4 Å². The molecule has 1 amide bonds. The fourth-order valence-electron chi connectivity index (χ4n) is 5.66. The number of aromatic nitrogens is 1. The van der Waals surface area contributed by atoms with Crippen molar-refractivity contribution in [2.75, 3.05) is 20.2 Å². The van der Waals surface area contributed by atoms with E-state index in [9.17, 15) is 4.79 Å². The monoisotopic (exact) mass is 379 g/mol. The number of methoxy groups -OCH3 is 1. The van der Waals surface area contributed by atoms with Gasteiger partial charge >= 0.3 is 0 Å². The van der Waals surface area contributed by atoms with Gasteiger partial charge < -0.3 is 10.5 Å². The average Bonchev–Trinajstić information content (AvgIpc) is 2.59. The van der Waals surface area contributed by atoms with Crippen molar-refractivity contribution in [3.63, 3.8) is 0 Å². The predicted molar refractivity (Wildman–Crippen MR) is 103 cm³/mol. The molecule has 0 aromatic carbocycles. The number of fused-ring (bicyclic) bond motifs is 2. The summed E-state index contributed by atoms with van der Waals surface area (Å²) in [4.78, 5) is 18.5. The summed E-state index contributed by atoms with van der Waals surface area (Å²) in [7, 11) is 1.83. The second-order valence-corrected chi connectivity index (χ2v) is 8.19. The number of likely N-dealkylation sites (tertiary alicyclic amines) is 1. The Labute approximate surface area is 162 Å². The number of ether oxygens (including phenoxy) is 1. The molecule has 1 aliphatic heterocycles. The standard InChI is InChI=1S/C20H29N3O2.ClH/c1-13-6-7-18(13)23-11-15-4-3-5-16(12-23)20(15,25-2)14-8-9-22-17(10-14)19(21)24;/h8-10,13,15-16,18H,3-7,11-12H2,1-2H3,(H2,21,24);1H/t13-,15-,16+,18-,20+;/m0./s1. The number of amides is 1. The second kappa shape index (κ2) is 7.45. The van der Waals surface area contributed by atoms with Gasteiger partial charge in [0.15, 0.2) is 0 Å². The van der Waals surface area contributed by atoms with E-state index in [0.717, 1.165) is 30.6 Å². The predicted octanol–water partition coefficient (Wildman–Crippen LogP) is 2.97. The van der Waals surface area contributed by atoms with Gasteiger partial charge in [0, 0.05) is 44.3 Å². The SMILES string of the molecule is CO[C@@]1(c2ccnc(C(N)=O)c2)[C@@H]2CCC[C@H]1CN([C@H]1CC[C@@H]1C)C2.Cl. The highest BCUT2D eigenvalue weighted by atomic mass is 35.5. The zero-order valence-electron chi connectivity index (χ0n) is 15.7. The van der Waals surface area contributed by atoms with E-state index in [2.05, 4.69) is 16.8 Å². The fourth-order valence-corrected chi connectivity index (χ4v) is 5.66. The normalized spacial score (nSPS) is 36.7. The number of nitrogens with two attached hydrogens (primary N) is 1. The van der Waals surface area contributed by atoms with Gasteiger partial charge in [0.05, 0.1) is 0 Å². The number of nitrogens with zero attached hydrogens (tertiary/aromatic N) is 2. The number of piperidine rings is 1. The van der Waals surface area contributed by atoms with Crippen molar-refractivity contribution < 1.29 is 9.53 Å². The number of primary amides is 1. The summed E-state index contributed by atoms with van der Waals surface area (Å²) in [5.74, 6) is 1.26. The van der Waals surface area contributed by atoms with Crippen molar-refractivity contribution in [1.29, 1.82) is 0 Å². The summed E-state index contributed by atoms with van der Waals surface area (Å²) < 4.78 is 6.27. The number of carbonyl (C=O) groups is 1. The molecule has 2 aliphatic carbocycles. The molecule has 5 nitrogen and oxygen atoms in total. The van der Waals surface area contributed by atoms with E-state index in [0.29, 0.717) is 17.5 Å². The maximum absolute atomic E-state index is 11.6. The molecule has 144 valence electrons. The minimum absolute atomic E-state index is 0. The molecule has 3 fully saturated rings. The molecule has 2 saturated carbocycles. The summed E-state index contributed by atoms with van der Waals surface area (Å²) in [5, 5.41) is 0. The van der Waals surface area contributed by atoms with Crippen LogP contribution in [0.25, 0.3) is 0 Å². The number of rotatable bonds is 4. The maximum Gasteiger partial charge on any atom is 0.267 e. The summed E-state index contributed by atoms with van der Waals surface area (Å²) in [6, 6.07) is 4.62. The van der Waals surface area contributed by atoms with Crippen LogP contribution in [-0.4, -0.2) is 42.0 Å². The van der Waals surface area contributed by atoms with E-state index in [4.69, 9.17) is 10.5 Å². The molecule has 4 rings (SSSR count). The van der Waals surface area contributed by atoms with Crippen LogP contribution in [-0.2, 0) is 10.3 Å². The van der Waals surface area contributed by atoms with Crippen LogP contribution < -0.4 is 5.73 Å². The molecule has 26 heavy (non-hydrogen) atoms. The third-order valence-corrected chi connectivity index (χ3v) is 7.07. The summed E-state index contributed by atoms with van der Waals surface area (Å²) >= 11 is 0. The highest BCUT2D eigenvalue weighted by molar-refractivity contribution is 5.90. The lowest BCUT2D eigenvalue weighted by Crippen LogP contribution is -2.62. The van der Waals surface area contributed by atoms with Gasteiger partial charge in [-0.2, -0.15) is 0 Å². The largest absolute Gasteiger partial charge is 0.373 e. The first-order chi connectivity index (χ1) is 12.1. The number of halogens is 1. The number of pyridine rings is 1. The van der Waals surface area contributed by atoms with Gasteiger partial charge in [0.25, 0.3) is 5.91 Å². The van der Waals surface area contributed by atoms with Crippen molar-refractivity contribution in [2.24, 2.45) is 23.5 Å². The molecule has 1 aromatic heterocycles. The Morgan fingerprint density at radius 2 is 1.96 bits per heavy atom. The fraction of sp³-hybridized carbons (Fsp3) is 0.700. The lowest BCUT2D eigenvalue weighted by atomic mass is 9.61. The Morgan fingerprint density at radius 3 is 2.46 bits per heavy atom. The molecule has 0 radical (unpaired) electrons. The molecule has 2 bridgehead atoms. The maximum atomic E-state index is 11.6. The second-order valence-electron chi connectivity index (χ2n) is 8.19. The first-order valence-electron chi connectivity index (χ1n) is 9.61. The Bertz CT molecular complexity index is 654. The zero-order chi connectivity index (χ0) is 17.6. The molecule has 3 aliphatic rings. The first kappa shape index (κ1) is 19.6. The lowest BCUT2D eigenvalue weighted by Gasteiger charge is -2.58. The molecule has 2 N–H and O–H groups in total. The van der Waals surface area contributed by atoms with Crippen LogP contribution in [0.1, 0.15) is 55.1 Å². The average molecular weight is 380 g/mol. The molecule has 0 spiro atoms. The topological polar surface area (TPSA) is 68.5 Å². The first-order valence-corrected chi connectivity index (χ1v) is 9.61. The van der Waals surface area contributed by atoms with E-state index in [1.54, 1.807) is 6.20 Å². The van der Waals surface area contributed by atoms with Gasteiger partial charge in [-0.05, 0) is 49.3 Å². The van der Waals surface area contributed by atoms with Crippen LogP contribution >= 0.6 is 12.4 Å². The van der Waals surface area contributed by atoms with Crippen molar-refractivity contribution in [1.82, 2.24) is 9.88 Å². The molecular formula is C20H30ClN3O2. The summed E-state index contributed by atoms with van der Waals surface area (Å²) in [6.07, 6.45) is 8.01. The minimum atomic E-state index is -0.473. The van der Waals surface area contributed by atoms with Crippen molar-refractivity contribution >= 4 is 18.3 Å². The summed E-state index contributed by atoms with van der Waals surface area (Å²) in [5.41, 5.74) is 6.57. The Balaban J connectivity index is 0.00000196. The third-order valence-electron chi connectivity index (χ3n) is 7.07. The quantitative estimate of drug-likeness (QED) is 0.873. The Kier molecular flexibility index (Phi) is 5.61. The van der Waals surface area contributed by atoms with Gasteiger partial charge in [0.1, 0.15) is 11.3 Å². The van der Waals surface area contributed by atoms with Gasteiger partial charge in [-0.25, -0.2) is 0 Å². The molecule has 1 aromatic rings. The van der Waals surface area contributed by atoms with Crippen molar-refractivity contribution in [3.8, 4) is 0 Å². The van der Waals surface area contributed by atoms with Gasteiger partial charge in [-0.1, -0.05) is 13.3 Å². The Morgan fingerprint density at radius 1 is 1.27 bits per heavy atom. The van der Waals surface area contributed by atoms with Gasteiger partial charge in [0.2, 0.25) is 0 Å². The van der Waals surface area contributed by atoms with Crippen LogP contribution in [0.15, 0.2) is 18.3 Å². The highest BCUT2D eigenvalue weighted by Crippen LogP contribution is 2.52. The number of carbonyl (C=O) groups excluding carboxylic acids is 1. The van der Waals surface area contributed by atoms with E-state index in [1.165, 1.54) is 32.1 Å². The van der Waals surface area contributed by atoms with E-state index < -0.39 is 5.91 Å². The van der Waals surface area contributed by atoms with Crippen LogP contribution in [0, 0.1) is 17.8 Å². The van der Waals surface area contributed by atoms with Crippen LogP contribution in [0.2, 0.25) is 0 Å². The Hall–Kier alpha value is -1.17. The third kappa shape index (κ3) is 2.94. The lowest BCUT2D eigenvalue weighted by molar-refractivity contribution is -0.181. The molecule has 0 unspecified atom stereocenters. The minimum Gasteiger partial charge on any atom is -0.373 e. The smallest absolute Gasteiger partial charge is 0.267 e. The number of hydrogen-bond donors (Lipinski definition) is 1. The highest BCUT2D eigenvalue weighted by Gasteiger charge is 2.54. The van der Waals surface area contributed by atoms with Crippen molar-refractivity contribution in [3.05, 3.63) is 29.6 Å². The molecular weight excluding hydrogens is 350 g/mol. The van der Waals surface area contributed by atoms with E-state index in [-0.39, 0.29) is 18.0 Å². The van der Waals surface area contributed by atoms with Crippen LogP contribution in [0.3, 0.4) is 0 Å².